The maximum atomic E-state index is 14.1. The van der Waals surface area contributed by atoms with Crippen LogP contribution in [-0.2, 0) is 23.9 Å². The van der Waals surface area contributed by atoms with Gasteiger partial charge in [-0.2, -0.15) is 0 Å². The molecule has 0 bridgehead atoms. The fourth-order valence-electron chi connectivity index (χ4n) is 4.86. The van der Waals surface area contributed by atoms with Crippen LogP contribution >= 0.6 is 22.7 Å². The molecule has 0 radical (unpaired) electrons. The lowest BCUT2D eigenvalue weighted by atomic mass is 9.69. The van der Waals surface area contributed by atoms with E-state index in [1.165, 1.54) is 22.7 Å². The molecule has 2 aromatic rings. The highest BCUT2D eigenvalue weighted by Gasteiger charge is 2.49. The maximum absolute atomic E-state index is 14.1. The van der Waals surface area contributed by atoms with E-state index >= 15 is 0 Å². The molecule has 0 saturated heterocycles. The van der Waals surface area contributed by atoms with Gasteiger partial charge in [-0.05, 0) is 49.6 Å². The third-order valence-corrected chi connectivity index (χ3v) is 8.12. The quantitative estimate of drug-likeness (QED) is 0.392. The summed E-state index contributed by atoms with van der Waals surface area (Å²) >= 11 is 3.03. The van der Waals surface area contributed by atoms with Gasteiger partial charge in [0, 0.05) is 32.6 Å². The second-order valence-electron chi connectivity index (χ2n) is 8.25. The first-order chi connectivity index (χ1) is 16.5. The smallest absolute Gasteiger partial charge is 0.336 e. The lowest BCUT2D eigenvalue weighted by Crippen LogP contribution is -2.43. The van der Waals surface area contributed by atoms with Crippen molar-refractivity contribution in [2.45, 2.75) is 51.9 Å². The van der Waals surface area contributed by atoms with Crippen LogP contribution in [0.1, 0.15) is 61.6 Å². The summed E-state index contributed by atoms with van der Waals surface area (Å²) in [7, 11) is 0. The Bertz CT molecular complexity index is 1110. The monoisotopic (exact) mass is 499 g/mol. The van der Waals surface area contributed by atoms with Crippen molar-refractivity contribution in [3.63, 3.8) is 0 Å². The van der Waals surface area contributed by atoms with Gasteiger partial charge in [0.2, 0.25) is 0 Å². The van der Waals surface area contributed by atoms with E-state index < -0.39 is 23.8 Å². The Labute approximate surface area is 207 Å². The summed E-state index contributed by atoms with van der Waals surface area (Å²) in [5.41, 5.74) is 2.54. The summed E-state index contributed by atoms with van der Waals surface area (Å²) in [6, 6.07) is 7.74. The van der Waals surface area contributed by atoms with Gasteiger partial charge >= 0.3 is 11.9 Å². The van der Waals surface area contributed by atoms with Crippen LogP contribution in [0.3, 0.4) is 0 Å². The van der Waals surface area contributed by atoms with Crippen LogP contribution in [0.5, 0.6) is 0 Å². The molecule has 1 aliphatic carbocycles. The first kappa shape index (κ1) is 24.4. The summed E-state index contributed by atoms with van der Waals surface area (Å²) in [5.74, 6) is -3.04. The lowest BCUT2D eigenvalue weighted by Gasteiger charge is -2.39. The highest BCUT2D eigenvalue weighted by atomic mass is 32.1. The Balaban J connectivity index is 1.88. The largest absolute Gasteiger partial charge is 0.465 e. The van der Waals surface area contributed by atoms with E-state index in [2.05, 4.69) is 12.2 Å². The maximum Gasteiger partial charge on any atom is 0.336 e. The van der Waals surface area contributed by atoms with E-state index in [1.54, 1.807) is 13.8 Å². The van der Waals surface area contributed by atoms with E-state index in [0.29, 0.717) is 24.0 Å². The molecule has 1 aliphatic heterocycles. The molecule has 0 fully saturated rings. The number of rotatable bonds is 8. The van der Waals surface area contributed by atoms with Crippen LogP contribution in [0.4, 0.5) is 0 Å². The molecule has 0 unspecified atom stereocenters. The number of dihydropyridines is 1. The summed E-state index contributed by atoms with van der Waals surface area (Å²) in [5, 5.41) is 7.34. The Morgan fingerprint density at radius 1 is 1.03 bits per heavy atom. The third kappa shape index (κ3) is 4.49. The number of Topliss-reactive ketones (excluding diaryl/α,β-unsaturated/α-hetero) is 1. The fraction of sp³-hybridized carbons (Fsp3) is 0.423. The molecular weight excluding hydrogens is 470 g/mol. The predicted octanol–water partition coefficient (Wildman–Crippen LogP) is 5.30. The number of nitrogens with one attached hydrogen (secondary N) is 1. The van der Waals surface area contributed by atoms with Crippen LogP contribution in [0.2, 0.25) is 0 Å². The number of carbonyl (C=O) groups is 3. The van der Waals surface area contributed by atoms with Crippen LogP contribution in [0, 0.1) is 5.92 Å². The van der Waals surface area contributed by atoms with Crippen molar-refractivity contribution in [2.24, 2.45) is 5.92 Å². The molecule has 1 N–H and O–H groups in total. The van der Waals surface area contributed by atoms with Gasteiger partial charge in [-0.15, -0.1) is 22.7 Å². The zero-order chi connectivity index (χ0) is 24.2. The van der Waals surface area contributed by atoms with Crippen LogP contribution in [0.25, 0.3) is 0 Å². The predicted molar refractivity (Wildman–Crippen MR) is 133 cm³/mol. The highest BCUT2D eigenvalue weighted by molar-refractivity contribution is 7.10. The van der Waals surface area contributed by atoms with Crippen molar-refractivity contribution in [3.8, 4) is 0 Å². The lowest BCUT2D eigenvalue weighted by molar-refractivity contribution is -0.152. The molecule has 34 heavy (non-hydrogen) atoms. The van der Waals surface area contributed by atoms with Gasteiger partial charge in [-0.3, -0.25) is 9.59 Å². The topological polar surface area (TPSA) is 81.7 Å². The standard InChI is InChI=1S/C26H29NO5S2/c1-4-9-16-22(26(30)32-6-3)23(19-11-8-13-34-19)21-17(27-16)14-15(18-10-7-12-33-18)20(24(21)28)25(29)31-5-2/h7-8,10-13,15,20,23,27H,4-6,9,14H2,1-3H3/t15-,20-,23+/m1/s1. The molecule has 0 spiro atoms. The number of ketones is 1. The molecule has 4 rings (SSSR count). The van der Waals surface area contributed by atoms with Crippen LogP contribution in [0.15, 0.2) is 57.6 Å². The Morgan fingerprint density at radius 2 is 1.71 bits per heavy atom. The molecule has 2 aliphatic rings. The third-order valence-electron chi connectivity index (χ3n) is 6.18. The summed E-state index contributed by atoms with van der Waals surface area (Å²) in [4.78, 5) is 42.3. The van der Waals surface area contributed by atoms with E-state index in [9.17, 15) is 14.4 Å². The molecule has 8 heteroatoms. The molecule has 0 saturated carbocycles. The van der Waals surface area contributed by atoms with Crippen molar-refractivity contribution in [3.05, 3.63) is 67.3 Å². The first-order valence-electron chi connectivity index (χ1n) is 11.7. The SMILES string of the molecule is CCCC1=C(C(=O)OCC)[C@@H](c2cccs2)C2=C(C[C@H](c3cccs3)[C@@H](C(=O)OCC)C2=O)N1. The number of thiophene rings is 2. The summed E-state index contributed by atoms with van der Waals surface area (Å²) in [6.07, 6.45) is 1.99. The van der Waals surface area contributed by atoms with E-state index in [-0.39, 0.29) is 24.9 Å². The number of hydrogen-bond acceptors (Lipinski definition) is 8. The van der Waals surface area contributed by atoms with Crippen LogP contribution in [-0.4, -0.2) is 30.9 Å². The van der Waals surface area contributed by atoms with Crippen LogP contribution < -0.4 is 5.32 Å². The van der Waals surface area contributed by atoms with Gasteiger partial charge in [-0.25, -0.2) is 4.79 Å². The zero-order valence-corrected chi connectivity index (χ0v) is 21.2. The second-order valence-corrected chi connectivity index (χ2v) is 10.2. The van der Waals surface area contributed by atoms with E-state index in [0.717, 1.165) is 27.6 Å². The minimum absolute atomic E-state index is 0.201. The molecule has 0 amide bonds. The van der Waals surface area contributed by atoms with Crippen molar-refractivity contribution >= 4 is 40.4 Å². The van der Waals surface area contributed by atoms with E-state index in [4.69, 9.17) is 9.47 Å². The minimum atomic E-state index is -0.946. The molecular formula is C26H29NO5S2. The number of carbonyl (C=O) groups excluding carboxylic acids is 3. The Kier molecular flexibility index (Phi) is 7.68. The van der Waals surface area contributed by atoms with Crippen molar-refractivity contribution in [1.82, 2.24) is 5.32 Å². The molecule has 2 aromatic heterocycles. The Morgan fingerprint density at radius 3 is 2.29 bits per heavy atom. The normalized spacial score (nSPS) is 22.3. The number of allylic oxidation sites excluding steroid dienone is 3. The molecule has 3 atom stereocenters. The molecule has 3 heterocycles. The summed E-state index contributed by atoms with van der Waals surface area (Å²) < 4.78 is 10.8. The van der Waals surface area contributed by atoms with Gasteiger partial charge < -0.3 is 14.8 Å². The zero-order valence-electron chi connectivity index (χ0n) is 19.6. The molecule has 0 aromatic carbocycles. The second kappa shape index (κ2) is 10.7. The number of esters is 2. The van der Waals surface area contributed by atoms with Crippen molar-refractivity contribution < 1.29 is 23.9 Å². The van der Waals surface area contributed by atoms with Crippen molar-refractivity contribution in [2.75, 3.05) is 13.2 Å². The fourth-order valence-corrected chi connectivity index (χ4v) is 6.57. The summed E-state index contributed by atoms with van der Waals surface area (Å²) in [6.45, 7) is 6.01. The number of hydrogen-bond donors (Lipinski definition) is 1. The van der Waals surface area contributed by atoms with E-state index in [1.807, 2.05) is 35.0 Å². The number of ether oxygens (including phenoxy) is 2. The van der Waals surface area contributed by atoms with Gasteiger partial charge in [0.05, 0.1) is 24.7 Å². The first-order valence-corrected chi connectivity index (χ1v) is 13.4. The average Bonchev–Trinajstić information content (AvgIpc) is 3.53. The van der Waals surface area contributed by atoms with Gasteiger partial charge in [0.15, 0.2) is 5.78 Å². The minimum Gasteiger partial charge on any atom is -0.465 e. The molecule has 6 nitrogen and oxygen atoms in total. The Hall–Kier alpha value is -2.71. The molecule has 180 valence electrons. The van der Waals surface area contributed by atoms with Gasteiger partial charge in [0.25, 0.3) is 0 Å². The van der Waals surface area contributed by atoms with Crippen molar-refractivity contribution in [1.29, 1.82) is 0 Å². The highest BCUT2D eigenvalue weighted by Crippen LogP contribution is 2.50. The average molecular weight is 500 g/mol. The van der Waals surface area contributed by atoms with Gasteiger partial charge in [0.1, 0.15) is 5.92 Å². The van der Waals surface area contributed by atoms with Gasteiger partial charge in [-0.1, -0.05) is 25.5 Å².